The molecule has 0 fully saturated rings. The summed E-state index contributed by atoms with van der Waals surface area (Å²) < 4.78 is 25.2. The van der Waals surface area contributed by atoms with Gasteiger partial charge in [0.15, 0.2) is 0 Å². The van der Waals surface area contributed by atoms with Crippen molar-refractivity contribution in [3.05, 3.63) is 41.1 Å². The molecule has 0 saturated heterocycles. The van der Waals surface area contributed by atoms with Crippen LogP contribution in [0.3, 0.4) is 0 Å². The molecule has 0 heterocycles. The SMILES string of the molecule is CCc1ccc(F)cc1[C](C)CF. The summed E-state index contributed by atoms with van der Waals surface area (Å²) in [5.41, 5.74) is 1.71. The second-order valence-electron chi connectivity index (χ2n) is 3.07. The summed E-state index contributed by atoms with van der Waals surface area (Å²) in [6.45, 7) is 3.15. The number of alkyl halides is 1. The van der Waals surface area contributed by atoms with E-state index in [-0.39, 0.29) is 5.82 Å². The van der Waals surface area contributed by atoms with Crippen molar-refractivity contribution in [1.82, 2.24) is 0 Å². The van der Waals surface area contributed by atoms with Crippen molar-refractivity contribution in [2.75, 3.05) is 6.67 Å². The predicted molar refractivity (Wildman–Crippen MR) is 49.8 cm³/mol. The normalized spacial score (nSPS) is 10.8. The summed E-state index contributed by atoms with van der Waals surface area (Å²) in [5, 5.41) is 0. The fourth-order valence-corrected chi connectivity index (χ4v) is 1.33. The average Bonchev–Trinajstić information content (AvgIpc) is 2.16. The van der Waals surface area contributed by atoms with E-state index in [9.17, 15) is 8.78 Å². The molecule has 1 aromatic carbocycles. The van der Waals surface area contributed by atoms with Gasteiger partial charge in [0.2, 0.25) is 0 Å². The Hall–Kier alpha value is -0.920. The molecule has 71 valence electrons. The molecule has 0 aliphatic carbocycles. The van der Waals surface area contributed by atoms with Gasteiger partial charge in [-0.05, 0) is 29.7 Å². The number of hydrogen-bond acceptors (Lipinski definition) is 0. The Morgan fingerprint density at radius 2 is 2.08 bits per heavy atom. The van der Waals surface area contributed by atoms with Gasteiger partial charge in [0.1, 0.15) is 5.82 Å². The molecular weight excluding hydrogens is 170 g/mol. The van der Waals surface area contributed by atoms with E-state index in [1.54, 1.807) is 13.0 Å². The fourth-order valence-electron chi connectivity index (χ4n) is 1.33. The highest BCUT2D eigenvalue weighted by molar-refractivity contribution is 5.38. The lowest BCUT2D eigenvalue weighted by Crippen LogP contribution is -2.02. The van der Waals surface area contributed by atoms with Crippen LogP contribution in [0.5, 0.6) is 0 Å². The van der Waals surface area contributed by atoms with Crippen LogP contribution in [0.15, 0.2) is 18.2 Å². The molecular formula is C11H13F2. The molecule has 0 bridgehead atoms. The van der Waals surface area contributed by atoms with Crippen molar-refractivity contribution in [2.24, 2.45) is 0 Å². The second kappa shape index (κ2) is 4.35. The molecule has 0 N–H and O–H groups in total. The number of rotatable bonds is 3. The first-order chi connectivity index (χ1) is 6.19. The maximum atomic E-state index is 12.8. The molecule has 2 heteroatoms. The molecule has 0 atom stereocenters. The topological polar surface area (TPSA) is 0 Å². The molecule has 0 amide bonds. The van der Waals surface area contributed by atoms with E-state index >= 15 is 0 Å². The maximum Gasteiger partial charge on any atom is 0.123 e. The van der Waals surface area contributed by atoms with Crippen LogP contribution in [0.25, 0.3) is 0 Å². The van der Waals surface area contributed by atoms with Gasteiger partial charge in [-0.2, -0.15) is 0 Å². The van der Waals surface area contributed by atoms with Gasteiger partial charge in [-0.25, -0.2) is 4.39 Å². The Labute approximate surface area is 77.6 Å². The van der Waals surface area contributed by atoms with Crippen LogP contribution in [0, 0.1) is 11.7 Å². The number of benzene rings is 1. The quantitative estimate of drug-likeness (QED) is 0.674. The Kier molecular flexibility index (Phi) is 3.40. The highest BCUT2D eigenvalue weighted by Crippen LogP contribution is 2.21. The molecule has 1 rings (SSSR count). The van der Waals surface area contributed by atoms with Crippen LogP contribution in [0.2, 0.25) is 0 Å². The number of aryl methyl sites for hydroxylation is 1. The van der Waals surface area contributed by atoms with Crippen molar-refractivity contribution in [3.8, 4) is 0 Å². The third-order valence-electron chi connectivity index (χ3n) is 2.11. The minimum absolute atomic E-state index is 0.306. The summed E-state index contributed by atoms with van der Waals surface area (Å²) >= 11 is 0. The minimum Gasteiger partial charge on any atom is -0.250 e. The molecule has 0 aliphatic rings. The summed E-state index contributed by atoms with van der Waals surface area (Å²) in [6, 6.07) is 4.52. The van der Waals surface area contributed by atoms with E-state index < -0.39 is 6.67 Å². The molecule has 0 saturated carbocycles. The van der Waals surface area contributed by atoms with Crippen molar-refractivity contribution >= 4 is 0 Å². The zero-order valence-electron chi connectivity index (χ0n) is 7.90. The van der Waals surface area contributed by atoms with E-state index in [1.807, 2.05) is 6.92 Å². The molecule has 13 heavy (non-hydrogen) atoms. The largest absolute Gasteiger partial charge is 0.250 e. The van der Waals surface area contributed by atoms with Crippen molar-refractivity contribution < 1.29 is 8.78 Å². The Bertz CT molecular complexity index is 281. The van der Waals surface area contributed by atoms with Crippen LogP contribution in [-0.2, 0) is 6.42 Å². The Morgan fingerprint density at radius 1 is 1.38 bits per heavy atom. The molecule has 1 radical (unpaired) electrons. The highest BCUT2D eigenvalue weighted by Gasteiger charge is 2.10. The highest BCUT2D eigenvalue weighted by atomic mass is 19.1. The van der Waals surface area contributed by atoms with E-state index in [0.717, 1.165) is 12.0 Å². The number of hydrogen-bond donors (Lipinski definition) is 0. The summed E-state index contributed by atoms with van der Waals surface area (Å²) in [4.78, 5) is 0. The lowest BCUT2D eigenvalue weighted by Gasteiger charge is -2.11. The van der Waals surface area contributed by atoms with E-state index in [4.69, 9.17) is 0 Å². The zero-order valence-corrected chi connectivity index (χ0v) is 7.90. The lowest BCUT2D eigenvalue weighted by molar-refractivity contribution is 0.514. The first-order valence-corrected chi connectivity index (χ1v) is 4.36. The first kappa shape index (κ1) is 10.2. The second-order valence-corrected chi connectivity index (χ2v) is 3.07. The van der Waals surface area contributed by atoms with Gasteiger partial charge in [-0.3, -0.25) is 4.39 Å². The average molecular weight is 183 g/mol. The van der Waals surface area contributed by atoms with E-state index in [0.29, 0.717) is 11.5 Å². The third kappa shape index (κ3) is 2.27. The Balaban J connectivity index is 3.07. The van der Waals surface area contributed by atoms with Crippen LogP contribution < -0.4 is 0 Å². The van der Waals surface area contributed by atoms with Gasteiger partial charge in [-0.1, -0.05) is 19.9 Å². The fraction of sp³-hybridized carbons (Fsp3) is 0.364. The van der Waals surface area contributed by atoms with Crippen LogP contribution in [0.1, 0.15) is 25.0 Å². The summed E-state index contributed by atoms with van der Waals surface area (Å²) in [7, 11) is 0. The van der Waals surface area contributed by atoms with Crippen molar-refractivity contribution in [1.29, 1.82) is 0 Å². The van der Waals surface area contributed by atoms with Crippen LogP contribution >= 0.6 is 0 Å². The Morgan fingerprint density at radius 3 is 2.62 bits per heavy atom. The molecule has 0 aliphatic heterocycles. The molecule has 1 aromatic rings. The van der Waals surface area contributed by atoms with Gasteiger partial charge in [0.25, 0.3) is 0 Å². The maximum absolute atomic E-state index is 12.8. The molecule has 0 unspecified atom stereocenters. The van der Waals surface area contributed by atoms with Crippen LogP contribution in [-0.4, -0.2) is 6.67 Å². The lowest BCUT2D eigenvalue weighted by atomic mass is 9.95. The van der Waals surface area contributed by atoms with Crippen molar-refractivity contribution in [3.63, 3.8) is 0 Å². The molecule has 0 aromatic heterocycles. The minimum atomic E-state index is -0.517. The first-order valence-electron chi connectivity index (χ1n) is 4.36. The summed E-state index contributed by atoms with van der Waals surface area (Å²) in [6.07, 6.45) is 0.799. The predicted octanol–water partition coefficient (Wildman–Crippen LogP) is 3.30. The monoisotopic (exact) mass is 183 g/mol. The van der Waals surface area contributed by atoms with E-state index in [2.05, 4.69) is 0 Å². The summed E-state index contributed by atoms with van der Waals surface area (Å²) in [5.74, 6) is 0.288. The van der Waals surface area contributed by atoms with Crippen LogP contribution in [0.4, 0.5) is 8.78 Å². The van der Waals surface area contributed by atoms with Gasteiger partial charge in [-0.15, -0.1) is 0 Å². The van der Waals surface area contributed by atoms with Gasteiger partial charge < -0.3 is 0 Å². The van der Waals surface area contributed by atoms with Gasteiger partial charge in [0.05, 0.1) is 6.67 Å². The number of halogens is 2. The smallest absolute Gasteiger partial charge is 0.123 e. The van der Waals surface area contributed by atoms with Gasteiger partial charge >= 0.3 is 0 Å². The zero-order chi connectivity index (χ0) is 9.84. The van der Waals surface area contributed by atoms with Crippen molar-refractivity contribution in [2.45, 2.75) is 20.3 Å². The molecule has 0 nitrogen and oxygen atoms in total. The standard InChI is InChI=1S/C11H13F2/c1-3-9-4-5-10(13)6-11(9)8(2)7-12/h4-6H,3,7H2,1-2H3. The third-order valence-corrected chi connectivity index (χ3v) is 2.11. The molecule has 0 spiro atoms. The van der Waals surface area contributed by atoms with Gasteiger partial charge in [0, 0.05) is 5.92 Å². The van der Waals surface area contributed by atoms with E-state index in [1.165, 1.54) is 12.1 Å².